The number of nitro groups is 1. The normalized spacial score (nSPS) is 18.1. The van der Waals surface area contributed by atoms with Crippen molar-refractivity contribution in [2.75, 3.05) is 13.2 Å². The van der Waals surface area contributed by atoms with Crippen LogP contribution in [0.5, 0.6) is 5.75 Å². The summed E-state index contributed by atoms with van der Waals surface area (Å²) < 4.78 is 11.1. The summed E-state index contributed by atoms with van der Waals surface area (Å²) in [5, 5.41) is 10.9. The quantitative estimate of drug-likeness (QED) is 0.333. The van der Waals surface area contributed by atoms with E-state index in [1.165, 1.54) is 6.07 Å². The number of nitro benzene ring substituents is 1. The van der Waals surface area contributed by atoms with Crippen molar-refractivity contribution < 1.29 is 14.4 Å². The van der Waals surface area contributed by atoms with E-state index in [0.717, 1.165) is 37.9 Å². The molecule has 1 aromatic carbocycles. The molecule has 1 unspecified atom stereocenters. The molecule has 0 saturated carbocycles. The Hall–Kier alpha value is -1.33. The lowest BCUT2D eigenvalue weighted by molar-refractivity contribution is -0.385. The fourth-order valence-corrected chi connectivity index (χ4v) is 2.44. The van der Waals surface area contributed by atoms with Crippen molar-refractivity contribution in [3.8, 4) is 5.75 Å². The van der Waals surface area contributed by atoms with Crippen LogP contribution in [0.15, 0.2) is 18.2 Å². The van der Waals surface area contributed by atoms with Gasteiger partial charge in [0.15, 0.2) is 5.75 Å². The number of ether oxygens (including phenoxy) is 2. The van der Waals surface area contributed by atoms with Crippen molar-refractivity contribution in [3.63, 3.8) is 0 Å². The van der Waals surface area contributed by atoms with Crippen molar-refractivity contribution in [3.05, 3.63) is 33.9 Å². The zero-order valence-electron chi connectivity index (χ0n) is 11.2. The average molecular weight is 300 g/mol. The first-order valence-electron chi connectivity index (χ1n) is 6.78. The van der Waals surface area contributed by atoms with Gasteiger partial charge in [-0.3, -0.25) is 10.1 Å². The van der Waals surface area contributed by atoms with Crippen LogP contribution in [0.3, 0.4) is 0 Å². The molecule has 1 atom stereocenters. The molecular formula is C14H18ClNO4. The van der Waals surface area contributed by atoms with Crippen LogP contribution in [0.4, 0.5) is 5.69 Å². The summed E-state index contributed by atoms with van der Waals surface area (Å²) in [5.41, 5.74) is 0.794. The lowest BCUT2D eigenvalue weighted by Gasteiger charge is -2.10. The van der Waals surface area contributed by atoms with Gasteiger partial charge in [0, 0.05) is 18.6 Å². The van der Waals surface area contributed by atoms with Crippen LogP contribution in [0.2, 0.25) is 0 Å². The Kier molecular flexibility index (Phi) is 5.61. The lowest BCUT2D eigenvalue weighted by Crippen LogP contribution is -2.08. The third kappa shape index (κ3) is 4.08. The summed E-state index contributed by atoms with van der Waals surface area (Å²) in [4.78, 5) is 10.5. The molecule has 5 nitrogen and oxygen atoms in total. The minimum absolute atomic E-state index is 0.0176. The Balaban J connectivity index is 1.88. The topological polar surface area (TPSA) is 61.6 Å². The van der Waals surface area contributed by atoms with Gasteiger partial charge in [0.1, 0.15) is 0 Å². The smallest absolute Gasteiger partial charge is 0.310 e. The Morgan fingerprint density at radius 2 is 2.35 bits per heavy atom. The maximum absolute atomic E-state index is 10.9. The summed E-state index contributed by atoms with van der Waals surface area (Å²) >= 11 is 5.74. The van der Waals surface area contributed by atoms with Crippen LogP contribution in [0, 0.1) is 10.1 Å². The van der Waals surface area contributed by atoms with Crippen LogP contribution < -0.4 is 4.74 Å². The van der Waals surface area contributed by atoms with E-state index in [9.17, 15) is 10.1 Å². The highest BCUT2D eigenvalue weighted by atomic mass is 35.5. The van der Waals surface area contributed by atoms with E-state index in [-0.39, 0.29) is 5.69 Å². The Bertz CT molecular complexity index is 460. The van der Waals surface area contributed by atoms with Crippen LogP contribution in [-0.2, 0) is 10.6 Å². The number of alkyl halides is 1. The van der Waals surface area contributed by atoms with E-state index in [4.69, 9.17) is 21.1 Å². The van der Waals surface area contributed by atoms with Crippen molar-refractivity contribution in [1.82, 2.24) is 0 Å². The van der Waals surface area contributed by atoms with Crippen molar-refractivity contribution in [2.24, 2.45) is 0 Å². The first kappa shape index (κ1) is 15.1. The van der Waals surface area contributed by atoms with Gasteiger partial charge in [-0.1, -0.05) is 6.07 Å². The first-order chi connectivity index (χ1) is 9.70. The Morgan fingerprint density at radius 3 is 3.00 bits per heavy atom. The van der Waals surface area contributed by atoms with E-state index in [0.29, 0.717) is 24.3 Å². The second-order valence-corrected chi connectivity index (χ2v) is 5.09. The second-order valence-electron chi connectivity index (χ2n) is 4.82. The number of hydrogen-bond acceptors (Lipinski definition) is 4. The first-order valence-corrected chi connectivity index (χ1v) is 7.32. The van der Waals surface area contributed by atoms with Gasteiger partial charge in [-0.25, -0.2) is 0 Å². The largest absolute Gasteiger partial charge is 0.487 e. The van der Waals surface area contributed by atoms with Crippen LogP contribution in [-0.4, -0.2) is 24.2 Å². The van der Waals surface area contributed by atoms with Gasteiger partial charge in [0.2, 0.25) is 0 Å². The van der Waals surface area contributed by atoms with Gasteiger partial charge in [-0.2, -0.15) is 0 Å². The molecule has 0 N–H and O–H groups in total. The molecule has 20 heavy (non-hydrogen) atoms. The van der Waals surface area contributed by atoms with Gasteiger partial charge < -0.3 is 9.47 Å². The molecule has 110 valence electrons. The molecule has 2 rings (SSSR count). The zero-order chi connectivity index (χ0) is 14.4. The van der Waals surface area contributed by atoms with E-state index >= 15 is 0 Å². The molecule has 1 fully saturated rings. The molecule has 0 aliphatic carbocycles. The van der Waals surface area contributed by atoms with Crippen LogP contribution in [0.25, 0.3) is 0 Å². The maximum atomic E-state index is 10.9. The van der Waals surface area contributed by atoms with E-state index < -0.39 is 4.92 Å². The molecule has 0 radical (unpaired) electrons. The highest BCUT2D eigenvalue weighted by Crippen LogP contribution is 2.29. The highest BCUT2D eigenvalue weighted by molar-refractivity contribution is 6.17. The van der Waals surface area contributed by atoms with Crippen molar-refractivity contribution in [1.29, 1.82) is 0 Å². The molecular weight excluding hydrogens is 282 g/mol. The van der Waals surface area contributed by atoms with Crippen molar-refractivity contribution >= 4 is 17.3 Å². The van der Waals surface area contributed by atoms with Crippen molar-refractivity contribution in [2.45, 2.75) is 37.7 Å². The summed E-state index contributed by atoms with van der Waals surface area (Å²) in [7, 11) is 0. The summed E-state index contributed by atoms with van der Waals surface area (Å²) in [6.07, 6.45) is 4.30. The Labute approximate surface area is 123 Å². The fourth-order valence-electron chi connectivity index (χ4n) is 2.27. The monoisotopic (exact) mass is 299 g/mol. The summed E-state index contributed by atoms with van der Waals surface area (Å²) in [6, 6.07) is 4.72. The van der Waals surface area contributed by atoms with Gasteiger partial charge in [0.25, 0.3) is 0 Å². The molecule has 1 aliphatic heterocycles. The SMILES string of the molecule is O=[N+]([O-])c1ccc(CCl)cc1OCCCC1CCCO1. The summed E-state index contributed by atoms with van der Waals surface area (Å²) in [6.45, 7) is 1.29. The number of hydrogen-bond donors (Lipinski definition) is 0. The molecule has 0 bridgehead atoms. The zero-order valence-corrected chi connectivity index (χ0v) is 12.0. The molecule has 6 heteroatoms. The molecule has 1 aromatic rings. The molecule has 1 saturated heterocycles. The number of rotatable bonds is 7. The Morgan fingerprint density at radius 1 is 1.50 bits per heavy atom. The predicted molar refractivity (Wildman–Crippen MR) is 76.4 cm³/mol. The van der Waals surface area contributed by atoms with E-state index in [2.05, 4.69) is 0 Å². The fraction of sp³-hybridized carbons (Fsp3) is 0.571. The lowest BCUT2D eigenvalue weighted by atomic mass is 10.1. The molecule has 0 amide bonds. The average Bonchev–Trinajstić information content (AvgIpc) is 2.96. The number of nitrogens with zero attached hydrogens (tertiary/aromatic N) is 1. The van der Waals surface area contributed by atoms with Gasteiger partial charge in [-0.15, -0.1) is 11.6 Å². The maximum Gasteiger partial charge on any atom is 0.310 e. The minimum atomic E-state index is -0.437. The standard InChI is InChI=1S/C14H18ClNO4/c15-10-11-5-6-13(16(17)18)14(9-11)20-8-2-4-12-3-1-7-19-12/h5-6,9,12H,1-4,7-8,10H2. The minimum Gasteiger partial charge on any atom is -0.487 e. The van der Waals surface area contributed by atoms with E-state index in [1.54, 1.807) is 12.1 Å². The van der Waals surface area contributed by atoms with Crippen LogP contribution in [0.1, 0.15) is 31.2 Å². The summed E-state index contributed by atoms with van der Waals surface area (Å²) in [5.74, 6) is 0.602. The van der Waals surface area contributed by atoms with Gasteiger partial charge in [-0.05, 0) is 37.3 Å². The molecule has 0 spiro atoms. The second kappa shape index (κ2) is 7.45. The predicted octanol–water partition coefficient (Wildman–Crippen LogP) is 3.67. The highest BCUT2D eigenvalue weighted by Gasteiger charge is 2.17. The molecule has 0 aromatic heterocycles. The number of halogens is 1. The van der Waals surface area contributed by atoms with Gasteiger partial charge in [0.05, 0.1) is 17.6 Å². The molecule has 1 aliphatic rings. The number of benzene rings is 1. The van der Waals surface area contributed by atoms with Gasteiger partial charge >= 0.3 is 5.69 Å². The third-order valence-electron chi connectivity index (χ3n) is 3.33. The van der Waals surface area contributed by atoms with Crippen LogP contribution >= 0.6 is 11.6 Å². The molecule has 1 heterocycles. The third-order valence-corrected chi connectivity index (χ3v) is 3.64. The van der Waals surface area contributed by atoms with E-state index in [1.807, 2.05) is 0 Å².